The molecule has 2 N–H and O–H groups in total. The number of ether oxygens (including phenoxy) is 1. The highest BCUT2D eigenvalue weighted by atomic mass is 35.5. The number of halogens is 1. The first-order valence-electron chi connectivity index (χ1n) is 6.78. The van der Waals surface area contributed by atoms with Crippen molar-refractivity contribution in [2.24, 2.45) is 5.73 Å². The van der Waals surface area contributed by atoms with E-state index in [1.165, 1.54) is 0 Å². The van der Waals surface area contributed by atoms with E-state index in [1.54, 1.807) is 24.3 Å². The fourth-order valence-corrected chi connectivity index (χ4v) is 2.11. The first-order chi connectivity index (χ1) is 10.6. The predicted molar refractivity (Wildman–Crippen MR) is 84.3 cm³/mol. The van der Waals surface area contributed by atoms with Gasteiger partial charge in [0.05, 0.1) is 6.61 Å². The third-order valence-electron chi connectivity index (χ3n) is 3.17. The van der Waals surface area contributed by atoms with Gasteiger partial charge < -0.3 is 10.5 Å². The highest BCUT2D eigenvalue weighted by molar-refractivity contribution is 6.66. The molecule has 2 aromatic carbocycles. The Bertz CT molecular complexity index is 631. The highest BCUT2D eigenvalue weighted by Gasteiger charge is 2.30. The highest BCUT2D eigenvalue weighted by Crippen LogP contribution is 2.22. The minimum atomic E-state index is -1.40. The van der Waals surface area contributed by atoms with Crippen LogP contribution in [-0.2, 0) is 20.9 Å². The molecular weight excluding hydrogens is 302 g/mol. The Morgan fingerprint density at radius 2 is 1.55 bits per heavy atom. The molecule has 0 aliphatic carbocycles. The van der Waals surface area contributed by atoms with E-state index in [2.05, 4.69) is 0 Å². The van der Waals surface area contributed by atoms with E-state index in [0.717, 1.165) is 5.56 Å². The van der Waals surface area contributed by atoms with Crippen LogP contribution in [0.15, 0.2) is 60.7 Å². The number of carbonyl (C=O) groups is 2. The van der Waals surface area contributed by atoms with Crippen LogP contribution in [0.4, 0.5) is 0 Å². The average molecular weight is 318 g/mol. The first-order valence-corrected chi connectivity index (χ1v) is 7.16. The third kappa shape index (κ3) is 4.24. The van der Waals surface area contributed by atoms with Gasteiger partial charge in [-0.05, 0) is 22.7 Å². The van der Waals surface area contributed by atoms with Crippen molar-refractivity contribution in [1.29, 1.82) is 0 Å². The van der Waals surface area contributed by atoms with Gasteiger partial charge in [-0.2, -0.15) is 0 Å². The van der Waals surface area contributed by atoms with Crippen molar-refractivity contribution >= 4 is 22.6 Å². The fourth-order valence-electron chi connectivity index (χ4n) is 2.00. The number of Topliss-reactive ketones (excluding diaryl/α,β-unsaturated/α-hetero) is 1. The lowest BCUT2D eigenvalue weighted by Crippen LogP contribution is -2.40. The van der Waals surface area contributed by atoms with Crippen LogP contribution in [0.2, 0.25) is 0 Å². The normalized spacial score (nSPS) is 13.4. The predicted octanol–water partition coefficient (Wildman–Crippen LogP) is 2.61. The van der Waals surface area contributed by atoms with Crippen LogP contribution in [-0.4, -0.2) is 17.1 Å². The van der Waals surface area contributed by atoms with Gasteiger partial charge in [-0.1, -0.05) is 60.7 Å². The standard InChI is InChI=1S/C17H16ClNO3/c18-17(21)14(19)15(20)16(13-9-5-2-6-10-13)22-11-12-7-3-1-4-8-12/h1-10,14,16H,11,19H2. The largest absolute Gasteiger partial charge is 0.361 e. The molecule has 22 heavy (non-hydrogen) atoms. The number of hydrogen-bond acceptors (Lipinski definition) is 4. The van der Waals surface area contributed by atoms with Gasteiger partial charge in [0.15, 0.2) is 5.78 Å². The lowest BCUT2D eigenvalue weighted by atomic mass is 10.0. The molecule has 0 bridgehead atoms. The molecule has 114 valence electrons. The Morgan fingerprint density at radius 3 is 2.09 bits per heavy atom. The second-order valence-electron chi connectivity index (χ2n) is 4.77. The summed E-state index contributed by atoms with van der Waals surface area (Å²) in [4.78, 5) is 23.5. The number of benzene rings is 2. The molecule has 5 heteroatoms. The Labute approximate surface area is 133 Å². The van der Waals surface area contributed by atoms with E-state index in [0.29, 0.717) is 5.56 Å². The molecule has 0 spiro atoms. The van der Waals surface area contributed by atoms with Gasteiger partial charge in [-0.15, -0.1) is 0 Å². The molecule has 2 unspecified atom stereocenters. The van der Waals surface area contributed by atoms with Crippen molar-refractivity contribution in [3.05, 3.63) is 71.8 Å². The van der Waals surface area contributed by atoms with Crippen molar-refractivity contribution in [1.82, 2.24) is 0 Å². The maximum atomic E-state index is 12.4. The molecule has 0 saturated carbocycles. The van der Waals surface area contributed by atoms with Crippen molar-refractivity contribution in [2.75, 3.05) is 0 Å². The molecule has 0 amide bonds. The zero-order valence-corrected chi connectivity index (χ0v) is 12.6. The van der Waals surface area contributed by atoms with E-state index in [-0.39, 0.29) is 6.61 Å². The maximum Gasteiger partial charge on any atom is 0.246 e. The van der Waals surface area contributed by atoms with Crippen LogP contribution in [0.5, 0.6) is 0 Å². The Kier molecular flexibility index (Phi) is 5.83. The van der Waals surface area contributed by atoms with E-state index >= 15 is 0 Å². The summed E-state index contributed by atoms with van der Waals surface area (Å²) < 4.78 is 5.71. The summed E-state index contributed by atoms with van der Waals surface area (Å²) in [6.07, 6.45) is -0.931. The van der Waals surface area contributed by atoms with E-state index in [1.807, 2.05) is 36.4 Å². The Morgan fingerprint density at radius 1 is 1.00 bits per heavy atom. The molecule has 4 nitrogen and oxygen atoms in total. The zero-order valence-electron chi connectivity index (χ0n) is 11.8. The molecule has 0 aliphatic heterocycles. The molecular formula is C17H16ClNO3. The maximum absolute atomic E-state index is 12.4. The zero-order chi connectivity index (χ0) is 15.9. The molecule has 0 fully saturated rings. The van der Waals surface area contributed by atoms with Gasteiger partial charge in [0.25, 0.3) is 0 Å². The van der Waals surface area contributed by atoms with Gasteiger partial charge >= 0.3 is 0 Å². The number of ketones is 1. The summed E-state index contributed by atoms with van der Waals surface area (Å²) in [6, 6.07) is 16.9. The van der Waals surface area contributed by atoms with Gasteiger partial charge in [-0.25, -0.2) is 0 Å². The molecule has 0 aliphatic rings. The summed E-state index contributed by atoms with van der Waals surface area (Å²) in [5, 5.41) is -0.894. The molecule has 2 aromatic rings. The van der Waals surface area contributed by atoms with Crippen LogP contribution < -0.4 is 5.73 Å². The van der Waals surface area contributed by atoms with Gasteiger partial charge in [-0.3, -0.25) is 9.59 Å². The lowest BCUT2D eigenvalue weighted by molar-refractivity contribution is -0.135. The monoisotopic (exact) mass is 317 g/mol. The van der Waals surface area contributed by atoms with Crippen LogP contribution in [0.25, 0.3) is 0 Å². The van der Waals surface area contributed by atoms with E-state index < -0.39 is 23.2 Å². The number of rotatable bonds is 7. The van der Waals surface area contributed by atoms with Crippen LogP contribution in [0.1, 0.15) is 17.2 Å². The van der Waals surface area contributed by atoms with E-state index in [4.69, 9.17) is 22.1 Å². The summed E-state index contributed by atoms with van der Waals surface area (Å²) in [6.45, 7) is 0.231. The summed E-state index contributed by atoms with van der Waals surface area (Å²) in [5.41, 5.74) is 7.11. The van der Waals surface area contributed by atoms with E-state index in [9.17, 15) is 9.59 Å². The number of carbonyl (C=O) groups excluding carboxylic acids is 2. The number of hydrogen-bond donors (Lipinski definition) is 1. The molecule has 0 heterocycles. The minimum Gasteiger partial charge on any atom is -0.361 e. The molecule has 0 radical (unpaired) electrons. The second-order valence-corrected chi connectivity index (χ2v) is 5.14. The third-order valence-corrected chi connectivity index (χ3v) is 3.41. The van der Waals surface area contributed by atoms with Crippen molar-refractivity contribution in [2.45, 2.75) is 18.8 Å². The van der Waals surface area contributed by atoms with Gasteiger partial charge in [0.2, 0.25) is 5.24 Å². The molecule has 2 atom stereocenters. The Balaban J connectivity index is 2.18. The molecule has 0 aromatic heterocycles. The van der Waals surface area contributed by atoms with Gasteiger partial charge in [0, 0.05) is 0 Å². The Hall–Kier alpha value is -2.01. The van der Waals surface area contributed by atoms with Crippen molar-refractivity contribution in [3.8, 4) is 0 Å². The SMILES string of the molecule is NC(C(=O)Cl)C(=O)C(OCc1ccccc1)c1ccccc1. The fraction of sp³-hybridized carbons (Fsp3) is 0.176. The summed E-state index contributed by atoms with van der Waals surface area (Å²) in [7, 11) is 0. The van der Waals surface area contributed by atoms with Crippen LogP contribution >= 0.6 is 11.6 Å². The molecule has 0 saturated heterocycles. The summed E-state index contributed by atoms with van der Waals surface area (Å²) in [5.74, 6) is -0.554. The summed E-state index contributed by atoms with van der Waals surface area (Å²) >= 11 is 5.33. The van der Waals surface area contributed by atoms with Crippen molar-refractivity contribution in [3.63, 3.8) is 0 Å². The van der Waals surface area contributed by atoms with Crippen LogP contribution in [0, 0.1) is 0 Å². The topological polar surface area (TPSA) is 69.4 Å². The average Bonchev–Trinajstić information content (AvgIpc) is 2.56. The number of nitrogens with two attached hydrogens (primary N) is 1. The smallest absolute Gasteiger partial charge is 0.246 e. The van der Waals surface area contributed by atoms with Crippen LogP contribution in [0.3, 0.4) is 0 Å². The minimum absolute atomic E-state index is 0.231. The molecule has 2 rings (SSSR count). The van der Waals surface area contributed by atoms with Gasteiger partial charge in [0.1, 0.15) is 12.1 Å². The van der Waals surface area contributed by atoms with Crippen molar-refractivity contribution < 1.29 is 14.3 Å². The lowest BCUT2D eigenvalue weighted by Gasteiger charge is -2.19. The first kappa shape index (κ1) is 16.4. The quantitative estimate of drug-likeness (QED) is 0.629. The second kappa shape index (κ2) is 7.84.